The predicted molar refractivity (Wildman–Crippen MR) is 55.7 cm³/mol. The number of rotatable bonds is 3. The molecule has 0 aromatic heterocycles. The van der Waals surface area contributed by atoms with Crippen LogP contribution in [0.4, 0.5) is 0 Å². The summed E-state index contributed by atoms with van der Waals surface area (Å²) in [7, 11) is 0. The third kappa shape index (κ3) is 2.67. The molecule has 72 valence electrons. The molecular formula is C10H20OS. The normalized spacial score (nSPS) is 25.2. The topological polar surface area (TPSA) is 9.23 Å². The van der Waals surface area contributed by atoms with E-state index in [1.165, 1.54) is 6.42 Å². The minimum Gasteiger partial charge on any atom is -0.380 e. The van der Waals surface area contributed by atoms with Gasteiger partial charge in [-0.1, -0.05) is 27.7 Å². The van der Waals surface area contributed by atoms with E-state index in [9.17, 15) is 0 Å². The Morgan fingerprint density at radius 2 is 2.08 bits per heavy atom. The molecule has 1 nitrogen and oxygen atoms in total. The molecule has 0 spiro atoms. The van der Waals surface area contributed by atoms with Gasteiger partial charge in [0.1, 0.15) is 0 Å². The summed E-state index contributed by atoms with van der Waals surface area (Å²) in [5.41, 5.74) is 0. The van der Waals surface area contributed by atoms with Crippen molar-refractivity contribution in [2.75, 3.05) is 13.2 Å². The fourth-order valence-corrected chi connectivity index (χ4v) is 2.68. The Hall–Kier alpha value is 0.310. The van der Waals surface area contributed by atoms with E-state index >= 15 is 0 Å². The van der Waals surface area contributed by atoms with Gasteiger partial charge in [-0.05, 0) is 12.3 Å². The largest absolute Gasteiger partial charge is 0.380 e. The molecule has 0 saturated carbocycles. The molecular weight excluding hydrogens is 168 g/mol. The highest BCUT2D eigenvalue weighted by molar-refractivity contribution is 8.01. The molecule has 0 aromatic rings. The molecule has 1 fully saturated rings. The first-order valence-corrected chi connectivity index (χ1v) is 5.66. The molecule has 1 atom stereocenters. The van der Waals surface area contributed by atoms with Crippen LogP contribution in [0.3, 0.4) is 0 Å². The number of thioether (sulfide) groups is 1. The van der Waals surface area contributed by atoms with Gasteiger partial charge in [0.25, 0.3) is 0 Å². The molecule has 12 heavy (non-hydrogen) atoms. The molecule has 0 aliphatic carbocycles. The van der Waals surface area contributed by atoms with E-state index in [-0.39, 0.29) is 0 Å². The predicted octanol–water partition coefficient (Wildman–Crippen LogP) is 2.94. The summed E-state index contributed by atoms with van der Waals surface area (Å²) in [5, 5.41) is 0.738. The third-order valence-corrected chi connectivity index (χ3v) is 4.53. The first-order chi connectivity index (χ1) is 5.52. The zero-order valence-electron chi connectivity index (χ0n) is 8.59. The van der Waals surface area contributed by atoms with Crippen molar-refractivity contribution in [1.82, 2.24) is 0 Å². The van der Waals surface area contributed by atoms with Crippen LogP contribution in [0, 0.1) is 5.92 Å². The van der Waals surface area contributed by atoms with Crippen molar-refractivity contribution in [2.45, 2.75) is 44.1 Å². The first kappa shape index (κ1) is 10.4. The van der Waals surface area contributed by atoms with Gasteiger partial charge in [0, 0.05) is 16.6 Å². The lowest BCUT2D eigenvalue weighted by Gasteiger charge is -2.30. The zero-order valence-corrected chi connectivity index (χ0v) is 9.41. The molecule has 0 aromatic carbocycles. The number of hydrogen-bond donors (Lipinski definition) is 0. The fourth-order valence-electron chi connectivity index (χ4n) is 1.17. The zero-order chi connectivity index (χ0) is 9.19. The molecule has 0 N–H and O–H groups in total. The van der Waals surface area contributed by atoms with Gasteiger partial charge < -0.3 is 4.74 Å². The summed E-state index contributed by atoms with van der Waals surface area (Å²) in [5.74, 6) is 0.739. The molecule has 1 heterocycles. The van der Waals surface area contributed by atoms with E-state index < -0.39 is 0 Å². The smallest absolute Gasteiger partial charge is 0.0586 e. The molecule has 0 bridgehead atoms. The Morgan fingerprint density at radius 1 is 1.42 bits per heavy atom. The van der Waals surface area contributed by atoms with Crippen LogP contribution >= 0.6 is 11.8 Å². The van der Waals surface area contributed by atoms with Gasteiger partial charge in [0.05, 0.1) is 6.61 Å². The summed E-state index contributed by atoms with van der Waals surface area (Å²) in [4.78, 5) is 0. The van der Waals surface area contributed by atoms with Crippen LogP contribution in [0.15, 0.2) is 0 Å². The average Bonchev–Trinajstić information content (AvgIpc) is 2.38. The van der Waals surface area contributed by atoms with Crippen LogP contribution in [0.5, 0.6) is 0 Å². The average molecular weight is 188 g/mol. The van der Waals surface area contributed by atoms with Crippen molar-refractivity contribution in [2.24, 2.45) is 5.92 Å². The van der Waals surface area contributed by atoms with Gasteiger partial charge in [-0.15, -0.1) is 11.8 Å². The van der Waals surface area contributed by atoms with Crippen LogP contribution < -0.4 is 0 Å². The van der Waals surface area contributed by atoms with Crippen molar-refractivity contribution >= 4 is 11.8 Å². The van der Waals surface area contributed by atoms with Gasteiger partial charge in [-0.3, -0.25) is 0 Å². The van der Waals surface area contributed by atoms with Crippen molar-refractivity contribution in [3.8, 4) is 0 Å². The summed E-state index contributed by atoms with van der Waals surface area (Å²) < 4.78 is 5.76. The van der Waals surface area contributed by atoms with Crippen LogP contribution in [0.1, 0.15) is 34.1 Å². The van der Waals surface area contributed by atoms with E-state index in [0.717, 1.165) is 24.4 Å². The second-order valence-corrected chi connectivity index (χ2v) is 6.32. The maximum Gasteiger partial charge on any atom is 0.0586 e. The highest BCUT2D eigenvalue weighted by Gasteiger charge is 2.29. The van der Waals surface area contributed by atoms with Crippen LogP contribution in [0.25, 0.3) is 0 Å². The standard InChI is InChI=1S/C10H20OS/c1-8(2)10(3,4)12-9-5-6-11-7-9/h8-9H,5-7H2,1-4H3. The summed E-state index contributed by atoms with van der Waals surface area (Å²) >= 11 is 2.09. The number of ether oxygens (including phenoxy) is 1. The molecule has 1 aliphatic heterocycles. The van der Waals surface area contributed by atoms with Gasteiger partial charge in [0.15, 0.2) is 0 Å². The summed E-state index contributed by atoms with van der Waals surface area (Å²) in [6.07, 6.45) is 1.24. The molecule has 2 heteroatoms. The van der Waals surface area contributed by atoms with Crippen LogP contribution in [0.2, 0.25) is 0 Å². The lowest BCUT2D eigenvalue weighted by molar-refractivity contribution is 0.199. The van der Waals surface area contributed by atoms with Crippen molar-refractivity contribution < 1.29 is 4.74 Å². The summed E-state index contributed by atoms with van der Waals surface area (Å²) in [6, 6.07) is 0. The monoisotopic (exact) mass is 188 g/mol. The second kappa shape index (κ2) is 4.01. The van der Waals surface area contributed by atoms with Crippen molar-refractivity contribution in [3.63, 3.8) is 0 Å². The summed E-state index contributed by atoms with van der Waals surface area (Å²) in [6.45, 7) is 11.2. The quantitative estimate of drug-likeness (QED) is 0.673. The third-order valence-electron chi connectivity index (χ3n) is 2.75. The van der Waals surface area contributed by atoms with E-state index in [4.69, 9.17) is 4.74 Å². The highest BCUT2D eigenvalue weighted by atomic mass is 32.2. The molecule has 1 saturated heterocycles. The van der Waals surface area contributed by atoms with Gasteiger partial charge >= 0.3 is 0 Å². The second-order valence-electron chi connectivity index (χ2n) is 4.36. The SMILES string of the molecule is CC(C)C(C)(C)SC1CCOC1. The lowest BCUT2D eigenvalue weighted by atomic mass is 10.00. The molecule has 1 rings (SSSR count). The Bertz CT molecular complexity index is 137. The fraction of sp³-hybridized carbons (Fsp3) is 1.00. The number of hydrogen-bond acceptors (Lipinski definition) is 2. The molecule has 0 radical (unpaired) electrons. The Kier molecular flexibility index (Phi) is 3.47. The van der Waals surface area contributed by atoms with E-state index in [1.807, 2.05) is 0 Å². The van der Waals surface area contributed by atoms with Crippen LogP contribution in [-0.4, -0.2) is 23.2 Å². The Balaban J connectivity index is 2.37. The minimum absolute atomic E-state index is 0.401. The van der Waals surface area contributed by atoms with E-state index in [2.05, 4.69) is 39.5 Å². The first-order valence-electron chi connectivity index (χ1n) is 4.78. The van der Waals surface area contributed by atoms with Crippen LogP contribution in [-0.2, 0) is 4.74 Å². The van der Waals surface area contributed by atoms with E-state index in [0.29, 0.717) is 4.75 Å². The maximum absolute atomic E-state index is 5.36. The Morgan fingerprint density at radius 3 is 2.50 bits per heavy atom. The Labute approximate surface area is 80.3 Å². The molecule has 1 aliphatic rings. The molecule has 1 unspecified atom stereocenters. The lowest BCUT2D eigenvalue weighted by Crippen LogP contribution is -2.26. The van der Waals surface area contributed by atoms with Gasteiger partial charge in [-0.25, -0.2) is 0 Å². The highest BCUT2D eigenvalue weighted by Crippen LogP contribution is 2.37. The van der Waals surface area contributed by atoms with E-state index in [1.54, 1.807) is 0 Å². The van der Waals surface area contributed by atoms with Gasteiger partial charge in [-0.2, -0.15) is 0 Å². The maximum atomic E-state index is 5.36. The van der Waals surface area contributed by atoms with Gasteiger partial charge in [0.2, 0.25) is 0 Å². The molecule has 0 amide bonds. The van der Waals surface area contributed by atoms with Crippen molar-refractivity contribution in [1.29, 1.82) is 0 Å². The minimum atomic E-state index is 0.401. The van der Waals surface area contributed by atoms with Crippen molar-refractivity contribution in [3.05, 3.63) is 0 Å².